The molecule has 0 saturated heterocycles. The molecule has 2 saturated carbocycles. The Bertz CT molecular complexity index is 691. The molecule has 1 aliphatic heterocycles. The number of amides is 2. The molecule has 132 valence electrons. The molecular formula is C21H26N2O2. The lowest BCUT2D eigenvalue weighted by molar-refractivity contribution is -0.129. The maximum Gasteiger partial charge on any atom is 0.251 e. The molecule has 4 rings (SSSR count). The normalized spacial score (nSPS) is 23.0. The summed E-state index contributed by atoms with van der Waals surface area (Å²) in [6.45, 7) is 1.41. The van der Waals surface area contributed by atoms with Crippen molar-refractivity contribution in [2.24, 2.45) is 5.92 Å². The summed E-state index contributed by atoms with van der Waals surface area (Å²) in [4.78, 5) is 27.3. The average Bonchev–Trinajstić information content (AvgIpc) is 3.44. The summed E-state index contributed by atoms with van der Waals surface area (Å²) < 4.78 is 0. The number of hydrogen-bond donors (Lipinski definition) is 1. The van der Waals surface area contributed by atoms with Gasteiger partial charge in [0.2, 0.25) is 5.91 Å². The van der Waals surface area contributed by atoms with E-state index in [0.717, 1.165) is 43.4 Å². The average molecular weight is 338 g/mol. The third-order valence-electron chi connectivity index (χ3n) is 5.68. The minimum Gasteiger partial charge on any atom is -0.356 e. The highest BCUT2D eigenvalue weighted by Gasteiger charge is 2.40. The van der Waals surface area contributed by atoms with E-state index in [0.29, 0.717) is 12.5 Å². The van der Waals surface area contributed by atoms with Gasteiger partial charge in [0.1, 0.15) is 0 Å². The van der Waals surface area contributed by atoms with Crippen molar-refractivity contribution in [1.82, 2.24) is 10.2 Å². The van der Waals surface area contributed by atoms with Gasteiger partial charge in [-0.25, -0.2) is 0 Å². The maximum absolute atomic E-state index is 13.1. The molecule has 1 N–H and O–H groups in total. The van der Waals surface area contributed by atoms with Gasteiger partial charge in [0.25, 0.3) is 5.91 Å². The molecule has 1 aromatic carbocycles. The first-order chi connectivity index (χ1) is 12.2. The second-order valence-corrected chi connectivity index (χ2v) is 7.61. The van der Waals surface area contributed by atoms with Gasteiger partial charge in [0, 0.05) is 18.7 Å². The summed E-state index contributed by atoms with van der Waals surface area (Å²) in [6, 6.07) is 10.4. The first-order valence-electron chi connectivity index (χ1n) is 9.56. The molecule has 0 radical (unpaired) electrons. The van der Waals surface area contributed by atoms with Crippen LogP contribution in [0.1, 0.15) is 50.5 Å². The van der Waals surface area contributed by atoms with E-state index in [2.05, 4.69) is 17.4 Å². The van der Waals surface area contributed by atoms with Gasteiger partial charge in [0.05, 0.1) is 12.5 Å². The minimum absolute atomic E-state index is 0.00799. The van der Waals surface area contributed by atoms with Crippen LogP contribution in [-0.2, 0) is 16.1 Å². The lowest BCUT2D eigenvalue weighted by Gasteiger charge is -2.30. The molecule has 1 aromatic rings. The molecule has 4 nitrogen and oxygen atoms in total. The molecule has 0 aromatic heterocycles. The number of nitrogens with one attached hydrogen (secondary N) is 1. The van der Waals surface area contributed by atoms with Gasteiger partial charge in [-0.3, -0.25) is 9.59 Å². The van der Waals surface area contributed by atoms with E-state index in [1.165, 1.54) is 18.4 Å². The highest BCUT2D eigenvalue weighted by Crippen LogP contribution is 2.38. The predicted molar refractivity (Wildman–Crippen MR) is 96.6 cm³/mol. The standard InChI is InChI=1S/C21H26N2O2/c24-20(22-13-15-10-11-15)12-18-17-8-4-5-9-19(17)23(21(18)25)14-16-6-2-1-3-7-16/h1-3,6-7,15,19H,4-5,8-14H2,(H,22,24). The Morgan fingerprint density at radius 3 is 2.68 bits per heavy atom. The van der Waals surface area contributed by atoms with Crippen LogP contribution in [0.3, 0.4) is 0 Å². The zero-order valence-corrected chi connectivity index (χ0v) is 14.7. The van der Waals surface area contributed by atoms with Crippen molar-refractivity contribution in [3.8, 4) is 0 Å². The number of fused-ring (bicyclic) bond motifs is 1. The van der Waals surface area contributed by atoms with Crippen molar-refractivity contribution in [2.75, 3.05) is 6.54 Å². The zero-order valence-electron chi connectivity index (χ0n) is 14.7. The number of rotatable bonds is 6. The van der Waals surface area contributed by atoms with Gasteiger partial charge >= 0.3 is 0 Å². The van der Waals surface area contributed by atoms with Crippen LogP contribution in [0.5, 0.6) is 0 Å². The number of hydrogen-bond acceptors (Lipinski definition) is 2. The Hall–Kier alpha value is -2.10. The molecule has 2 fully saturated rings. The SMILES string of the molecule is O=C(CC1=C2CCCCC2N(Cc2ccccc2)C1=O)NCC1CC1. The minimum atomic E-state index is 0.00799. The second-order valence-electron chi connectivity index (χ2n) is 7.61. The summed E-state index contributed by atoms with van der Waals surface area (Å²) in [5.41, 5.74) is 3.16. The quantitative estimate of drug-likeness (QED) is 0.866. The first kappa shape index (κ1) is 16.4. The molecule has 4 heteroatoms. The van der Waals surface area contributed by atoms with E-state index in [1.807, 2.05) is 23.1 Å². The molecule has 0 spiro atoms. The largest absolute Gasteiger partial charge is 0.356 e. The molecule has 3 aliphatic rings. The second kappa shape index (κ2) is 7.03. The predicted octanol–water partition coefficient (Wildman–Crippen LogP) is 3.18. The Morgan fingerprint density at radius 2 is 1.92 bits per heavy atom. The van der Waals surface area contributed by atoms with Crippen molar-refractivity contribution in [2.45, 2.75) is 57.5 Å². The lowest BCUT2D eigenvalue weighted by atomic mass is 9.88. The molecule has 2 aliphatic carbocycles. The maximum atomic E-state index is 13.1. The Labute approximate surface area is 149 Å². The highest BCUT2D eigenvalue weighted by molar-refractivity contribution is 6.02. The van der Waals surface area contributed by atoms with Gasteiger partial charge in [-0.1, -0.05) is 36.8 Å². The van der Waals surface area contributed by atoms with Crippen molar-refractivity contribution in [1.29, 1.82) is 0 Å². The van der Waals surface area contributed by atoms with Crippen molar-refractivity contribution < 1.29 is 9.59 Å². The zero-order chi connectivity index (χ0) is 17.2. The fourth-order valence-electron chi connectivity index (χ4n) is 4.10. The van der Waals surface area contributed by atoms with Gasteiger partial charge in [-0.05, 0) is 49.2 Å². The summed E-state index contributed by atoms with van der Waals surface area (Å²) >= 11 is 0. The smallest absolute Gasteiger partial charge is 0.251 e. The Balaban J connectivity index is 1.48. The first-order valence-corrected chi connectivity index (χ1v) is 9.56. The molecule has 1 atom stereocenters. The van der Waals surface area contributed by atoms with Gasteiger partial charge in [0.15, 0.2) is 0 Å². The number of benzene rings is 1. The topological polar surface area (TPSA) is 49.4 Å². The molecule has 0 bridgehead atoms. The molecule has 25 heavy (non-hydrogen) atoms. The van der Waals surface area contributed by atoms with Crippen LogP contribution >= 0.6 is 0 Å². The number of carbonyl (C=O) groups is 2. The third kappa shape index (κ3) is 3.63. The Morgan fingerprint density at radius 1 is 1.12 bits per heavy atom. The van der Waals surface area contributed by atoms with E-state index >= 15 is 0 Å². The fraction of sp³-hybridized carbons (Fsp3) is 0.524. The third-order valence-corrected chi connectivity index (χ3v) is 5.68. The monoisotopic (exact) mass is 338 g/mol. The molecular weight excluding hydrogens is 312 g/mol. The lowest BCUT2D eigenvalue weighted by Crippen LogP contribution is -2.36. The summed E-state index contributed by atoms with van der Waals surface area (Å²) in [6.07, 6.45) is 6.98. The van der Waals surface area contributed by atoms with E-state index < -0.39 is 0 Å². The molecule has 2 amide bonds. The van der Waals surface area contributed by atoms with Gasteiger partial charge < -0.3 is 10.2 Å². The summed E-state index contributed by atoms with van der Waals surface area (Å²) in [5.74, 6) is 0.749. The van der Waals surface area contributed by atoms with Crippen LogP contribution < -0.4 is 5.32 Å². The summed E-state index contributed by atoms with van der Waals surface area (Å²) in [5, 5.41) is 3.01. The van der Waals surface area contributed by atoms with Crippen LogP contribution in [0.4, 0.5) is 0 Å². The highest BCUT2D eigenvalue weighted by atomic mass is 16.2. The van der Waals surface area contributed by atoms with E-state index in [9.17, 15) is 9.59 Å². The van der Waals surface area contributed by atoms with E-state index in [-0.39, 0.29) is 24.3 Å². The van der Waals surface area contributed by atoms with Crippen LogP contribution in [0.15, 0.2) is 41.5 Å². The van der Waals surface area contributed by atoms with Crippen LogP contribution in [0.25, 0.3) is 0 Å². The fourth-order valence-corrected chi connectivity index (χ4v) is 4.10. The van der Waals surface area contributed by atoms with E-state index in [1.54, 1.807) is 0 Å². The molecule has 1 heterocycles. The Kier molecular flexibility index (Phi) is 4.60. The number of nitrogens with zero attached hydrogens (tertiary/aromatic N) is 1. The number of carbonyl (C=O) groups excluding carboxylic acids is 2. The van der Waals surface area contributed by atoms with Crippen molar-refractivity contribution >= 4 is 11.8 Å². The van der Waals surface area contributed by atoms with Crippen LogP contribution in [0.2, 0.25) is 0 Å². The van der Waals surface area contributed by atoms with Gasteiger partial charge in [-0.2, -0.15) is 0 Å². The van der Waals surface area contributed by atoms with Crippen LogP contribution in [-0.4, -0.2) is 29.3 Å². The van der Waals surface area contributed by atoms with Gasteiger partial charge in [-0.15, -0.1) is 0 Å². The van der Waals surface area contributed by atoms with Crippen LogP contribution in [0, 0.1) is 5.92 Å². The van der Waals surface area contributed by atoms with E-state index in [4.69, 9.17) is 0 Å². The van der Waals surface area contributed by atoms with Crippen molar-refractivity contribution in [3.05, 3.63) is 47.0 Å². The molecule has 1 unspecified atom stereocenters. The van der Waals surface area contributed by atoms with Crippen molar-refractivity contribution in [3.63, 3.8) is 0 Å². The summed E-state index contributed by atoms with van der Waals surface area (Å²) in [7, 11) is 0.